The van der Waals surface area contributed by atoms with E-state index in [-0.39, 0.29) is 23.7 Å². The summed E-state index contributed by atoms with van der Waals surface area (Å²) in [4.78, 5) is 28.8. The first-order valence-electron chi connectivity index (χ1n) is 9.36. The fraction of sp³-hybridized carbons (Fsp3) is 0.600. The molecule has 1 saturated heterocycles. The fourth-order valence-corrected chi connectivity index (χ4v) is 3.93. The normalized spacial score (nSPS) is 25.0. The van der Waals surface area contributed by atoms with Crippen LogP contribution in [0.5, 0.6) is 0 Å². The maximum Gasteiger partial charge on any atom is 0.228 e. The number of aliphatic hydroxyl groups is 1. The third-order valence-corrected chi connectivity index (χ3v) is 5.59. The van der Waals surface area contributed by atoms with E-state index in [1.807, 2.05) is 28.0 Å². The molecule has 5 nitrogen and oxygen atoms in total. The van der Waals surface area contributed by atoms with E-state index in [1.54, 1.807) is 0 Å². The van der Waals surface area contributed by atoms with Gasteiger partial charge in [0, 0.05) is 32.6 Å². The van der Waals surface area contributed by atoms with Gasteiger partial charge >= 0.3 is 0 Å². The van der Waals surface area contributed by atoms with Gasteiger partial charge in [-0.05, 0) is 30.7 Å². The number of aliphatic hydroxyl groups excluding tert-OH is 1. The summed E-state index contributed by atoms with van der Waals surface area (Å²) in [6, 6.07) is 10.1. The molecule has 5 heteroatoms. The molecule has 0 radical (unpaired) electrons. The van der Waals surface area contributed by atoms with E-state index < -0.39 is 6.10 Å². The lowest BCUT2D eigenvalue weighted by Gasteiger charge is -2.36. The number of carbonyl (C=O) groups excluding carboxylic acids is 2. The Morgan fingerprint density at radius 2 is 1.72 bits per heavy atom. The predicted molar refractivity (Wildman–Crippen MR) is 96.0 cm³/mol. The van der Waals surface area contributed by atoms with E-state index in [9.17, 15) is 14.7 Å². The fourth-order valence-electron chi connectivity index (χ4n) is 3.93. The van der Waals surface area contributed by atoms with Crippen LogP contribution in [-0.4, -0.2) is 59.0 Å². The van der Waals surface area contributed by atoms with E-state index >= 15 is 0 Å². The molecule has 2 aliphatic rings. The number of rotatable bonds is 4. The largest absolute Gasteiger partial charge is 0.392 e. The second kappa shape index (κ2) is 8.00. The molecule has 0 spiro atoms. The van der Waals surface area contributed by atoms with Gasteiger partial charge in [-0.15, -0.1) is 0 Å². The Kier molecular flexibility index (Phi) is 5.74. The Bertz CT molecular complexity index is 596. The van der Waals surface area contributed by atoms with Gasteiger partial charge in [-0.1, -0.05) is 37.3 Å². The molecule has 0 bridgehead atoms. The molecule has 25 heavy (non-hydrogen) atoms. The van der Waals surface area contributed by atoms with Crippen molar-refractivity contribution in [3.8, 4) is 0 Å². The zero-order valence-electron chi connectivity index (χ0n) is 14.9. The number of carbonyl (C=O) groups is 2. The van der Waals surface area contributed by atoms with Gasteiger partial charge in [0.15, 0.2) is 0 Å². The predicted octanol–water partition coefficient (Wildman–Crippen LogP) is 2.01. The lowest BCUT2D eigenvalue weighted by atomic mass is 9.97. The van der Waals surface area contributed by atoms with Gasteiger partial charge in [0.1, 0.15) is 0 Å². The van der Waals surface area contributed by atoms with Crippen molar-refractivity contribution in [2.45, 2.75) is 44.6 Å². The molecular weight excluding hydrogens is 316 g/mol. The Hall–Kier alpha value is -1.88. The third-order valence-electron chi connectivity index (χ3n) is 5.59. The molecule has 3 rings (SSSR count). The molecule has 2 amide bonds. The van der Waals surface area contributed by atoms with Crippen molar-refractivity contribution in [1.29, 1.82) is 0 Å². The Morgan fingerprint density at radius 3 is 2.32 bits per heavy atom. The first kappa shape index (κ1) is 17.9. The van der Waals surface area contributed by atoms with Crippen molar-refractivity contribution in [2.24, 2.45) is 5.92 Å². The van der Waals surface area contributed by atoms with Gasteiger partial charge in [-0.2, -0.15) is 0 Å². The highest BCUT2D eigenvalue weighted by Gasteiger charge is 2.35. The van der Waals surface area contributed by atoms with Crippen molar-refractivity contribution >= 4 is 11.8 Å². The first-order valence-corrected chi connectivity index (χ1v) is 9.36. The van der Waals surface area contributed by atoms with E-state index in [0.29, 0.717) is 32.6 Å². The molecule has 1 heterocycles. The Balaban J connectivity index is 1.48. The summed E-state index contributed by atoms with van der Waals surface area (Å²) in [7, 11) is 0. The summed E-state index contributed by atoms with van der Waals surface area (Å²) >= 11 is 0. The number of hydrogen-bond acceptors (Lipinski definition) is 3. The summed E-state index contributed by atoms with van der Waals surface area (Å²) in [5.41, 5.74) is 1.18. The highest BCUT2D eigenvalue weighted by molar-refractivity contribution is 5.81. The van der Waals surface area contributed by atoms with Crippen LogP contribution in [0.2, 0.25) is 0 Å². The number of piperazine rings is 1. The van der Waals surface area contributed by atoms with Crippen molar-refractivity contribution in [3.05, 3.63) is 35.9 Å². The summed E-state index contributed by atoms with van der Waals surface area (Å²) in [6.45, 7) is 4.42. The minimum absolute atomic E-state index is 0.0646. The number of benzene rings is 1. The van der Waals surface area contributed by atoms with Crippen LogP contribution in [0.15, 0.2) is 30.3 Å². The lowest BCUT2D eigenvalue weighted by molar-refractivity contribution is -0.144. The Labute approximate surface area is 149 Å². The lowest BCUT2D eigenvalue weighted by Crippen LogP contribution is -2.52. The number of nitrogens with zero attached hydrogens (tertiary/aromatic N) is 2. The molecule has 0 aromatic heterocycles. The van der Waals surface area contributed by atoms with Crippen LogP contribution in [0.4, 0.5) is 0 Å². The molecule has 1 aromatic rings. The minimum atomic E-state index is -0.487. The van der Waals surface area contributed by atoms with Crippen molar-refractivity contribution in [1.82, 2.24) is 9.80 Å². The van der Waals surface area contributed by atoms with Crippen LogP contribution < -0.4 is 0 Å². The first-order chi connectivity index (χ1) is 12.1. The number of hydrogen-bond donors (Lipinski definition) is 1. The van der Waals surface area contributed by atoms with E-state index in [4.69, 9.17) is 0 Å². The van der Waals surface area contributed by atoms with E-state index in [2.05, 4.69) is 19.1 Å². The van der Waals surface area contributed by atoms with Crippen molar-refractivity contribution < 1.29 is 14.7 Å². The van der Waals surface area contributed by atoms with Crippen molar-refractivity contribution in [2.75, 3.05) is 26.2 Å². The van der Waals surface area contributed by atoms with Crippen LogP contribution in [0.25, 0.3) is 0 Å². The van der Waals surface area contributed by atoms with Crippen LogP contribution in [-0.2, 0) is 9.59 Å². The SMILES string of the molecule is C[C@H](CC(=O)N1CCN(C(=O)[C@H]2CCC[C@@H]2O)CC1)c1ccccc1. The second-order valence-electron chi connectivity index (χ2n) is 7.33. The topological polar surface area (TPSA) is 60.9 Å². The van der Waals surface area contributed by atoms with Crippen LogP contribution >= 0.6 is 0 Å². The van der Waals surface area contributed by atoms with Crippen LogP contribution in [0, 0.1) is 5.92 Å². The van der Waals surface area contributed by atoms with Crippen molar-refractivity contribution in [3.63, 3.8) is 0 Å². The zero-order chi connectivity index (χ0) is 17.8. The summed E-state index contributed by atoms with van der Waals surface area (Å²) in [5, 5.41) is 9.93. The monoisotopic (exact) mass is 344 g/mol. The summed E-state index contributed by atoms with van der Waals surface area (Å²) in [5.74, 6) is 0.182. The maximum absolute atomic E-state index is 12.5. The average molecular weight is 344 g/mol. The van der Waals surface area contributed by atoms with Gasteiger partial charge in [-0.25, -0.2) is 0 Å². The second-order valence-corrected chi connectivity index (χ2v) is 7.33. The standard InChI is InChI=1S/C20H28N2O3/c1-15(16-6-3-2-4-7-16)14-19(24)21-10-12-22(13-11-21)20(25)17-8-5-9-18(17)23/h2-4,6-7,15,17-18,23H,5,8-14H2,1H3/t15-,17+,18+/m1/s1. The van der Waals surface area contributed by atoms with Crippen LogP contribution in [0.1, 0.15) is 44.1 Å². The van der Waals surface area contributed by atoms with E-state index in [1.165, 1.54) is 5.56 Å². The molecule has 1 aromatic carbocycles. The highest BCUT2D eigenvalue weighted by Crippen LogP contribution is 2.28. The molecular formula is C20H28N2O3. The Morgan fingerprint density at radius 1 is 1.08 bits per heavy atom. The van der Waals surface area contributed by atoms with Gasteiger partial charge in [0.2, 0.25) is 11.8 Å². The molecule has 1 N–H and O–H groups in total. The average Bonchev–Trinajstić information content (AvgIpc) is 3.08. The third kappa shape index (κ3) is 4.21. The highest BCUT2D eigenvalue weighted by atomic mass is 16.3. The summed E-state index contributed by atoms with van der Waals surface area (Å²) in [6.07, 6.45) is 2.45. The molecule has 1 saturated carbocycles. The molecule has 1 aliphatic carbocycles. The zero-order valence-corrected chi connectivity index (χ0v) is 14.9. The molecule has 3 atom stereocenters. The molecule has 136 valence electrons. The van der Waals surface area contributed by atoms with Gasteiger partial charge < -0.3 is 14.9 Å². The minimum Gasteiger partial charge on any atom is -0.392 e. The molecule has 2 fully saturated rings. The quantitative estimate of drug-likeness (QED) is 0.909. The summed E-state index contributed by atoms with van der Waals surface area (Å²) < 4.78 is 0. The van der Waals surface area contributed by atoms with E-state index in [0.717, 1.165) is 19.3 Å². The number of amides is 2. The van der Waals surface area contributed by atoms with Crippen LogP contribution in [0.3, 0.4) is 0 Å². The molecule has 1 aliphatic heterocycles. The smallest absolute Gasteiger partial charge is 0.228 e. The maximum atomic E-state index is 12.5. The molecule has 0 unspecified atom stereocenters. The van der Waals surface area contributed by atoms with Gasteiger partial charge in [0.25, 0.3) is 0 Å². The van der Waals surface area contributed by atoms with Gasteiger partial charge in [-0.3, -0.25) is 9.59 Å². The van der Waals surface area contributed by atoms with Gasteiger partial charge in [0.05, 0.1) is 12.0 Å².